The first-order valence-corrected chi connectivity index (χ1v) is 10.8. The molecule has 6 heteroatoms. The van der Waals surface area contributed by atoms with Gasteiger partial charge >= 0.3 is 0 Å². The normalized spacial score (nSPS) is 46.1. The highest BCUT2D eigenvalue weighted by Gasteiger charge is 2.45. The van der Waals surface area contributed by atoms with Gasteiger partial charge < -0.3 is 10.6 Å². The van der Waals surface area contributed by atoms with Gasteiger partial charge in [-0.3, -0.25) is 14.9 Å². The Morgan fingerprint density at radius 2 is 1.96 bits per heavy atom. The van der Waals surface area contributed by atoms with E-state index in [1.165, 1.54) is 25.7 Å². The summed E-state index contributed by atoms with van der Waals surface area (Å²) in [5.41, 5.74) is 3.20. The van der Waals surface area contributed by atoms with Gasteiger partial charge in [-0.25, -0.2) is 0 Å². The number of hydrogen-bond acceptors (Lipinski definition) is 5. The minimum absolute atomic E-state index is 0.146. The smallest absolute Gasteiger partial charge is 0.223 e. The van der Waals surface area contributed by atoms with Crippen molar-refractivity contribution in [2.75, 3.05) is 6.54 Å². The number of rotatable bonds is 4. The third-order valence-electron chi connectivity index (χ3n) is 7.30. The molecule has 4 N–H and O–H groups in total. The van der Waals surface area contributed by atoms with Gasteiger partial charge in [0.05, 0.1) is 6.17 Å². The monoisotopic (exact) mass is 364 g/mol. The van der Waals surface area contributed by atoms with E-state index in [1.54, 1.807) is 0 Å². The van der Waals surface area contributed by atoms with Crippen molar-refractivity contribution in [1.29, 1.82) is 0 Å². The van der Waals surface area contributed by atoms with Gasteiger partial charge in [0, 0.05) is 18.0 Å². The minimum atomic E-state index is 0.146. The quantitative estimate of drug-likeness (QED) is 0.613. The van der Waals surface area contributed by atoms with Crippen LogP contribution >= 0.6 is 0 Å². The molecule has 2 aliphatic heterocycles. The summed E-state index contributed by atoms with van der Waals surface area (Å²) < 4.78 is 0. The van der Waals surface area contributed by atoms with E-state index >= 15 is 0 Å². The molecular weight excluding hydrogens is 328 g/mol. The number of hydrogen-bond donors (Lipinski definition) is 4. The van der Waals surface area contributed by atoms with Gasteiger partial charge in [-0.1, -0.05) is 6.92 Å². The molecule has 0 bridgehead atoms. The van der Waals surface area contributed by atoms with E-state index in [0.29, 0.717) is 35.7 Å². The van der Waals surface area contributed by atoms with Crippen molar-refractivity contribution in [3.8, 4) is 0 Å². The van der Waals surface area contributed by atoms with Crippen LogP contribution < -0.4 is 21.4 Å². The third-order valence-corrected chi connectivity index (χ3v) is 7.30. The largest absolute Gasteiger partial charge is 0.353 e. The molecule has 0 aromatic carbocycles. The average molecular weight is 365 g/mol. The molecule has 1 amide bonds. The summed E-state index contributed by atoms with van der Waals surface area (Å²) in [6.07, 6.45) is 9.44. The molecule has 4 fully saturated rings. The topological polar surface area (TPSA) is 74.4 Å². The van der Waals surface area contributed by atoms with E-state index < -0.39 is 0 Å². The Morgan fingerprint density at radius 3 is 2.73 bits per heavy atom. The highest BCUT2D eigenvalue weighted by Crippen LogP contribution is 2.48. The zero-order valence-corrected chi connectivity index (χ0v) is 16.3. The fraction of sp³-hybridized carbons (Fsp3) is 0.950. The van der Waals surface area contributed by atoms with E-state index in [1.807, 2.05) is 0 Å². The van der Waals surface area contributed by atoms with Crippen LogP contribution in [0.3, 0.4) is 0 Å². The minimum Gasteiger partial charge on any atom is -0.353 e. The summed E-state index contributed by atoms with van der Waals surface area (Å²) in [6.45, 7) is 5.37. The molecule has 6 nitrogen and oxygen atoms in total. The molecule has 8 unspecified atom stereocenters. The number of hydroxylamine groups is 1. The third kappa shape index (κ3) is 3.93. The molecular formula is C20H36N4O2. The lowest BCUT2D eigenvalue weighted by Crippen LogP contribution is -2.49. The van der Waals surface area contributed by atoms with Crippen LogP contribution in [0, 0.1) is 23.7 Å². The summed E-state index contributed by atoms with van der Waals surface area (Å²) >= 11 is 0. The lowest BCUT2D eigenvalue weighted by atomic mass is 9.72. The second-order valence-corrected chi connectivity index (χ2v) is 9.04. The zero-order valence-electron chi connectivity index (χ0n) is 16.3. The highest BCUT2D eigenvalue weighted by atomic mass is 16.7. The van der Waals surface area contributed by atoms with Crippen molar-refractivity contribution in [1.82, 2.24) is 21.4 Å². The van der Waals surface area contributed by atoms with Crippen LogP contribution in [0.5, 0.6) is 0 Å². The number of amides is 1. The molecule has 0 radical (unpaired) electrons. The maximum atomic E-state index is 12.9. The van der Waals surface area contributed by atoms with Crippen molar-refractivity contribution in [2.45, 2.75) is 89.7 Å². The van der Waals surface area contributed by atoms with Crippen LogP contribution in [0.15, 0.2) is 0 Å². The Kier molecular flexibility index (Phi) is 5.84. The summed E-state index contributed by atoms with van der Waals surface area (Å²) in [4.78, 5) is 18.5. The van der Waals surface area contributed by atoms with Crippen molar-refractivity contribution in [2.24, 2.45) is 23.7 Å². The molecule has 2 saturated carbocycles. The van der Waals surface area contributed by atoms with Gasteiger partial charge in [-0.15, -0.1) is 0 Å². The second-order valence-electron chi connectivity index (χ2n) is 9.04. The summed E-state index contributed by atoms with van der Waals surface area (Å²) in [5, 5.41) is 10.4. The first-order valence-electron chi connectivity index (χ1n) is 10.8. The van der Waals surface area contributed by atoms with E-state index in [2.05, 4.69) is 35.3 Å². The predicted octanol–water partition coefficient (Wildman–Crippen LogP) is 1.87. The van der Waals surface area contributed by atoms with Crippen LogP contribution in [0.4, 0.5) is 0 Å². The number of fused-ring (bicyclic) bond motifs is 1. The molecule has 148 valence electrons. The maximum absolute atomic E-state index is 12.9. The Balaban J connectivity index is 1.29. The fourth-order valence-electron chi connectivity index (χ4n) is 5.85. The molecule has 8 atom stereocenters. The number of carbonyl (C=O) groups excluding carboxylic acids is 1. The molecule has 0 aromatic rings. The van der Waals surface area contributed by atoms with Crippen LogP contribution in [-0.4, -0.2) is 36.9 Å². The molecule has 4 rings (SSSR count). The van der Waals surface area contributed by atoms with E-state index in [0.717, 1.165) is 32.2 Å². The van der Waals surface area contributed by atoms with Crippen molar-refractivity contribution in [3.63, 3.8) is 0 Å². The SMILES string of the molecule is CCC1NC(C2CCC3C(CCC3C(=O)NC3CCNC(C)C3)C2)NO1. The summed E-state index contributed by atoms with van der Waals surface area (Å²) in [5.74, 6) is 2.51. The predicted molar refractivity (Wildman–Crippen MR) is 101 cm³/mol. The van der Waals surface area contributed by atoms with Crippen LogP contribution in [0.2, 0.25) is 0 Å². The van der Waals surface area contributed by atoms with Crippen molar-refractivity contribution < 1.29 is 9.63 Å². The Bertz CT molecular complexity index is 502. The molecule has 26 heavy (non-hydrogen) atoms. The first-order chi connectivity index (χ1) is 12.6. The number of piperidine rings is 1. The Morgan fingerprint density at radius 1 is 1.12 bits per heavy atom. The van der Waals surface area contributed by atoms with E-state index in [4.69, 9.17) is 4.84 Å². The van der Waals surface area contributed by atoms with Crippen molar-refractivity contribution >= 4 is 5.91 Å². The highest BCUT2D eigenvalue weighted by molar-refractivity contribution is 5.79. The van der Waals surface area contributed by atoms with Gasteiger partial charge in [0.2, 0.25) is 5.91 Å². The van der Waals surface area contributed by atoms with E-state index in [-0.39, 0.29) is 18.3 Å². The van der Waals surface area contributed by atoms with Crippen molar-refractivity contribution in [3.05, 3.63) is 0 Å². The number of carbonyl (C=O) groups is 1. The van der Waals surface area contributed by atoms with Gasteiger partial charge in [0.25, 0.3) is 0 Å². The maximum Gasteiger partial charge on any atom is 0.223 e. The Labute approximate surface area is 157 Å². The van der Waals surface area contributed by atoms with Crippen LogP contribution in [0.1, 0.15) is 65.2 Å². The van der Waals surface area contributed by atoms with E-state index in [9.17, 15) is 4.79 Å². The molecule has 2 heterocycles. The van der Waals surface area contributed by atoms with Gasteiger partial charge in [0.15, 0.2) is 0 Å². The second kappa shape index (κ2) is 8.13. The molecule has 0 spiro atoms. The molecule has 2 saturated heterocycles. The molecule has 0 aromatic heterocycles. The van der Waals surface area contributed by atoms with Crippen LogP contribution in [0.25, 0.3) is 0 Å². The van der Waals surface area contributed by atoms with Gasteiger partial charge in [0.1, 0.15) is 6.23 Å². The average Bonchev–Trinajstić information content (AvgIpc) is 3.28. The van der Waals surface area contributed by atoms with Crippen LogP contribution in [-0.2, 0) is 9.63 Å². The zero-order chi connectivity index (χ0) is 18.1. The standard InChI is InChI=1S/C20H36N4O2/c1-3-18-23-19(24-26-18)14-5-6-16-13(11-14)4-7-17(16)20(25)22-15-8-9-21-12(2)10-15/h12-19,21,23-24H,3-11H2,1-2H3,(H,22,25). The lowest BCUT2D eigenvalue weighted by Gasteiger charge is -2.37. The fourth-order valence-corrected chi connectivity index (χ4v) is 5.85. The van der Waals surface area contributed by atoms with Gasteiger partial charge in [-0.05, 0) is 82.6 Å². The Hall–Kier alpha value is -0.690. The molecule has 2 aliphatic carbocycles. The lowest BCUT2D eigenvalue weighted by molar-refractivity contribution is -0.127. The number of nitrogens with one attached hydrogen (secondary N) is 4. The van der Waals surface area contributed by atoms with Gasteiger partial charge in [-0.2, -0.15) is 5.48 Å². The first kappa shape index (κ1) is 18.7. The summed E-state index contributed by atoms with van der Waals surface area (Å²) in [7, 11) is 0. The molecule has 4 aliphatic rings. The summed E-state index contributed by atoms with van der Waals surface area (Å²) in [6, 6.07) is 0.880.